The van der Waals surface area contributed by atoms with E-state index >= 15 is 0 Å². The first-order chi connectivity index (χ1) is 13.9. The predicted octanol–water partition coefficient (Wildman–Crippen LogP) is 4.28. The Hall–Kier alpha value is -2.94. The second-order valence-corrected chi connectivity index (χ2v) is 9.86. The van der Waals surface area contributed by atoms with E-state index in [1.807, 2.05) is 6.92 Å². The van der Waals surface area contributed by atoms with Crippen LogP contribution in [0.4, 0.5) is 20.6 Å². The molecule has 0 unspecified atom stereocenters. The molecule has 2 amide bonds. The number of amides is 2. The van der Waals surface area contributed by atoms with Crippen LogP contribution in [-0.4, -0.2) is 31.8 Å². The maximum atomic E-state index is 13.6. The van der Waals surface area contributed by atoms with E-state index in [9.17, 15) is 22.4 Å². The third-order valence-electron chi connectivity index (χ3n) is 3.87. The molecule has 0 aromatic heterocycles. The van der Waals surface area contributed by atoms with Crippen molar-refractivity contribution in [3.63, 3.8) is 0 Å². The van der Waals surface area contributed by atoms with Crippen molar-refractivity contribution >= 4 is 33.2 Å². The fourth-order valence-electron chi connectivity index (χ4n) is 2.45. The van der Waals surface area contributed by atoms with E-state index in [1.54, 1.807) is 32.9 Å². The monoisotopic (exact) mass is 436 g/mol. The van der Waals surface area contributed by atoms with E-state index in [0.29, 0.717) is 0 Å². The van der Waals surface area contributed by atoms with Crippen molar-refractivity contribution in [2.75, 3.05) is 16.4 Å². The highest BCUT2D eigenvalue weighted by Gasteiger charge is 2.20. The van der Waals surface area contributed by atoms with Crippen LogP contribution in [0.1, 0.15) is 32.8 Å². The van der Waals surface area contributed by atoms with Gasteiger partial charge < -0.3 is 10.1 Å². The highest BCUT2D eigenvalue weighted by atomic mass is 32.2. The number of benzene rings is 2. The fourth-order valence-corrected chi connectivity index (χ4v) is 3.69. The second-order valence-electron chi connectivity index (χ2n) is 7.75. The van der Waals surface area contributed by atoms with Crippen LogP contribution in [0, 0.1) is 12.7 Å². The number of halogens is 1. The van der Waals surface area contributed by atoms with Crippen molar-refractivity contribution in [1.29, 1.82) is 0 Å². The fraction of sp³-hybridized carbons (Fsp3) is 0.333. The van der Waals surface area contributed by atoms with Gasteiger partial charge >= 0.3 is 6.09 Å². The van der Waals surface area contributed by atoms with E-state index in [1.165, 1.54) is 18.2 Å². The normalized spacial score (nSPS) is 11.6. The molecule has 9 heteroatoms. The van der Waals surface area contributed by atoms with Crippen LogP contribution in [0.2, 0.25) is 0 Å². The lowest BCUT2D eigenvalue weighted by atomic mass is 10.2. The molecule has 30 heavy (non-hydrogen) atoms. The van der Waals surface area contributed by atoms with Gasteiger partial charge in [0.15, 0.2) is 9.84 Å². The van der Waals surface area contributed by atoms with Gasteiger partial charge in [0, 0.05) is 6.42 Å². The Morgan fingerprint density at radius 3 is 2.23 bits per heavy atom. The van der Waals surface area contributed by atoms with Gasteiger partial charge in [-0.05, 0) is 58.0 Å². The van der Waals surface area contributed by atoms with Crippen LogP contribution in [0.15, 0.2) is 47.4 Å². The molecule has 0 radical (unpaired) electrons. The minimum atomic E-state index is -3.65. The van der Waals surface area contributed by atoms with Gasteiger partial charge in [-0.2, -0.15) is 0 Å². The second kappa shape index (κ2) is 9.25. The van der Waals surface area contributed by atoms with Gasteiger partial charge in [-0.15, -0.1) is 0 Å². The van der Waals surface area contributed by atoms with Crippen LogP contribution < -0.4 is 10.6 Å². The number of ether oxygens (including phenoxy) is 1. The van der Waals surface area contributed by atoms with Crippen LogP contribution >= 0.6 is 0 Å². The number of rotatable bonds is 6. The van der Waals surface area contributed by atoms with Gasteiger partial charge in [0.2, 0.25) is 5.91 Å². The predicted molar refractivity (Wildman–Crippen MR) is 113 cm³/mol. The molecular formula is C21H25FN2O5S. The standard InChI is InChI=1S/C21H25FN2O5S/c1-14-5-8-16(9-6-14)30(27,28)12-11-19(25)23-18-13-15(22)7-10-17(18)24-20(26)29-21(2,3)4/h5-10,13H,11-12H2,1-4H3,(H,23,25)(H,24,26). The molecular weight excluding hydrogens is 411 g/mol. The molecule has 2 aromatic rings. The Kier molecular flexibility index (Phi) is 7.20. The van der Waals surface area contributed by atoms with Gasteiger partial charge in [-0.1, -0.05) is 17.7 Å². The van der Waals surface area contributed by atoms with Gasteiger partial charge in [0.05, 0.1) is 22.0 Å². The summed E-state index contributed by atoms with van der Waals surface area (Å²) in [6.45, 7) is 6.91. The smallest absolute Gasteiger partial charge is 0.412 e. The zero-order valence-corrected chi connectivity index (χ0v) is 18.1. The first-order valence-electron chi connectivity index (χ1n) is 9.24. The number of hydrogen-bond acceptors (Lipinski definition) is 5. The van der Waals surface area contributed by atoms with Gasteiger partial charge in [0.25, 0.3) is 0 Å². The number of hydrogen-bond donors (Lipinski definition) is 2. The third kappa shape index (κ3) is 7.14. The molecule has 0 spiro atoms. The molecule has 0 saturated carbocycles. The topological polar surface area (TPSA) is 102 Å². The Morgan fingerprint density at radius 2 is 1.63 bits per heavy atom. The summed E-state index contributed by atoms with van der Waals surface area (Å²) in [5.41, 5.74) is 0.305. The molecule has 0 atom stereocenters. The van der Waals surface area contributed by atoms with Gasteiger partial charge in [0.1, 0.15) is 11.4 Å². The van der Waals surface area contributed by atoms with E-state index in [-0.39, 0.29) is 22.7 Å². The molecule has 2 aromatic carbocycles. The Morgan fingerprint density at radius 1 is 1.00 bits per heavy atom. The van der Waals surface area contributed by atoms with Crippen LogP contribution in [0.5, 0.6) is 0 Å². The summed E-state index contributed by atoms with van der Waals surface area (Å²) < 4.78 is 43.6. The number of aryl methyl sites for hydroxylation is 1. The van der Waals surface area contributed by atoms with E-state index in [2.05, 4.69) is 10.6 Å². The lowest BCUT2D eigenvalue weighted by Gasteiger charge is -2.20. The molecule has 2 N–H and O–H groups in total. The number of carbonyl (C=O) groups excluding carboxylic acids is 2. The van der Waals surface area contributed by atoms with Crippen LogP contribution in [-0.2, 0) is 19.4 Å². The number of nitrogens with one attached hydrogen (secondary N) is 2. The SMILES string of the molecule is Cc1ccc(S(=O)(=O)CCC(=O)Nc2cc(F)ccc2NC(=O)OC(C)(C)C)cc1. The molecule has 7 nitrogen and oxygen atoms in total. The van der Waals surface area contributed by atoms with E-state index in [0.717, 1.165) is 17.7 Å². The largest absolute Gasteiger partial charge is 0.444 e. The van der Waals surface area contributed by atoms with Crippen molar-refractivity contribution in [3.05, 3.63) is 53.8 Å². The van der Waals surface area contributed by atoms with Gasteiger partial charge in [-0.25, -0.2) is 17.6 Å². The zero-order valence-electron chi connectivity index (χ0n) is 17.3. The van der Waals surface area contributed by atoms with Crippen molar-refractivity contribution in [2.45, 2.75) is 44.6 Å². The van der Waals surface area contributed by atoms with Crippen molar-refractivity contribution in [2.24, 2.45) is 0 Å². The Bertz CT molecular complexity index is 1030. The lowest BCUT2D eigenvalue weighted by molar-refractivity contribution is -0.115. The minimum absolute atomic E-state index is 0.00130. The maximum absolute atomic E-state index is 13.6. The molecule has 0 fully saturated rings. The average molecular weight is 437 g/mol. The quantitative estimate of drug-likeness (QED) is 0.704. The summed E-state index contributed by atoms with van der Waals surface area (Å²) in [5, 5.41) is 4.88. The zero-order chi connectivity index (χ0) is 22.5. The average Bonchev–Trinajstić information content (AvgIpc) is 2.61. The molecule has 2 rings (SSSR count). The van der Waals surface area contributed by atoms with Crippen molar-refractivity contribution in [1.82, 2.24) is 0 Å². The number of sulfone groups is 1. The summed E-state index contributed by atoms with van der Waals surface area (Å²) in [7, 11) is -3.65. The summed E-state index contributed by atoms with van der Waals surface area (Å²) in [6, 6.07) is 9.74. The van der Waals surface area contributed by atoms with Crippen LogP contribution in [0.3, 0.4) is 0 Å². The molecule has 162 valence electrons. The van der Waals surface area contributed by atoms with Crippen molar-refractivity contribution in [3.8, 4) is 0 Å². The maximum Gasteiger partial charge on any atom is 0.412 e. The van der Waals surface area contributed by atoms with Crippen molar-refractivity contribution < 1.29 is 27.1 Å². The van der Waals surface area contributed by atoms with E-state index in [4.69, 9.17) is 4.74 Å². The number of anilines is 2. The first-order valence-corrected chi connectivity index (χ1v) is 10.9. The summed E-state index contributed by atoms with van der Waals surface area (Å²) in [5.74, 6) is -1.68. The molecule has 0 aliphatic rings. The number of carbonyl (C=O) groups is 2. The molecule has 0 aliphatic heterocycles. The van der Waals surface area contributed by atoms with E-state index < -0.39 is 39.0 Å². The summed E-state index contributed by atoms with van der Waals surface area (Å²) in [4.78, 5) is 24.4. The first kappa shape index (κ1) is 23.3. The highest BCUT2D eigenvalue weighted by Crippen LogP contribution is 2.24. The lowest BCUT2D eigenvalue weighted by Crippen LogP contribution is -2.27. The summed E-state index contributed by atoms with van der Waals surface area (Å²) >= 11 is 0. The minimum Gasteiger partial charge on any atom is -0.444 e. The van der Waals surface area contributed by atoms with Crippen LogP contribution in [0.25, 0.3) is 0 Å². The third-order valence-corrected chi connectivity index (χ3v) is 5.60. The van der Waals surface area contributed by atoms with Gasteiger partial charge in [-0.3, -0.25) is 10.1 Å². The summed E-state index contributed by atoms with van der Waals surface area (Å²) in [6.07, 6.45) is -1.11. The Labute approximate surface area is 175 Å². The molecule has 0 aliphatic carbocycles. The molecule has 0 saturated heterocycles. The Balaban J connectivity index is 2.06. The molecule has 0 bridgehead atoms. The molecule has 0 heterocycles. The highest BCUT2D eigenvalue weighted by molar-refractivity contribution is 7.91.